The molecule has 1 aliphatic rings. The number of carbonyl (C=O) groups excluding carboxylic acids is 1. The molecule has 0 saturated heterocycles. The number of rotatable bonds is 13. The largest absolute Gasteiger partial charge is 0.352 e. The van der Waals surface area contributed by atoms with Crippen LogP contribution in [0.5, 0.6) is 0 Å². The summed E-state index contributed by atoms with van der Waals surface area (Å²) in [6, 6.07) is 6.41. The van der Waals surface area contributed by atoms with Crippen molar-refractivity contribution >= 4 is 5.91 Å². The summed E-state index contributed by atoms with van der Waals surface area (Å²) in [5.41, 5.74) is 3.52. The first-order chi connectivity index (χ1) is 12.3. The molecule has 0 bridgehead atoms. The smallest absolute Gasteiger partial charge is 0.251 e. The zero-order valence-electron chi connectivity index (χ0n) is 16.2. The maximum absolute atomic E-state index is 11.8. The highest BCUT2D eigenvalue weighted by Gasteiger charge is 2.16. The summed E-state index contributed by atoms with van der Waals surface area (Å²) < 4.78 is 0. The molecule has 2 heteroatoms. The second-order valence-corrected chi connectivity index (χ2v) is 7.64. The fourth-order valence-electron chi connectivity index (χ4n) is 3.81. The number of benzene rings is 1. The second-order valence-electron chi connectivity index (χ2n) is 7.64. The van der Waals surface area contributed by atoms with Gasteiger partial charge in [-0.25, -0.2) is 0 Å². The molecule has 0 radical (unpaired) electrons. The van der Waals surface area contributed by atoms with Gasteiger partial charge in [-0.2, -0.15) is 0 Å². The van der Waals surface area contributed by atoms with Gasteiger partial charge >= 0.3 is 0 Å². The summed E-state index contributed by atoms with van der Waals surface area (Å²) >= 11 is 0. The Hall–Kier alpha value is -1.31. The summed E-state index contributed by atoms with van der Waals surface area (Å²) in [5.74, 6) is 0.0955. The monoisotopic (exact) mass is 343 g/mol. The van der Waals surface area contributed by atoms with Gasteiger partial charge in [-0.05, 0) is 36.5 Å². The molecule has 25 heavy (non-hydrogen) atoms. The van der Waals surface area contributed by atoms with E-state index in [1.165, 1.54) is 88.2 Å². The van der Waals surface area contributed by atoms with Gasteiger partial charge in [0.2, 0.25) is 0 Å². The molecule has 0 atom stereocenters. The van der Waals surface area contributed by atoms with E-state index in [1.54, 1.807) is 0 Å². The number of carbonyl (C=O) groups is 1. The van der Waals surface area contributed by atoms with E-state index in [0.717, 1.165) is 24.9 Å². The Morgan fingerprint density at radius 1 is 0.840 bits per heavy atom. The summed E-state index contributed by atoms with van der Waals surface area (Å²) in [4.78, 5) is 11.8. The third-order valence-electron chi connectivity index (χ3n) is 5.41. The van der Waals surface area contributed by atoms with E-state index in [1.807, 2.05) is 6.07 Å². The standard InChI is InChI=1S/C23H37NO/c1-2-3-4-5-6-7-8-9-10-11-12-13-14-20-15-16-22-21(19-20)17-18-24-23(22)25/h15-16,19H,2-14,17-18H2,1H3,(H,24,25). The maximum atomic E-state index is 11.8. The predicted molar refractivity (Wildman–Crippen MR) is 107 cm³/mol. The van der Waals surface area contributed by atoms with Crippen molar-refractivity contribution in [1.29, 1.82) is 0 Å². The maximum Gasteiger partial charge on any atom is 0.251 e. The first-order valence-electron chi connectivity index (χ1n) is 10.7. The van der Waals surface area contributed by atoms with Crippen LogP contribution in [0.2, 0.25) is 0 Å². The number of amides is 1. The van der Waals surface area contributed by atoms with Gasteiger partial charge in [0.1, 0.15) is 0 Å². The number of unbranched alkanes of at least 4 members (excludes halogenated alkanes) is 11. The van der Waals surface area contributed by atoms with Crippen molar-refractivity contribution in [2.24, 2.45) is 0 Å². The average molecular weight is 344 g/mol. The van der Waals surface area contributed by atoms with Gasteiger partial charge in [0.05, 0.1) is 0 Å². The number of hydrogen-bond donors (Lipinski definition) is 1. The SMILES string of the molecule is CCCCCCCCCCCCCCc1ccc2c(c1)CCNC2=O. The lowest BCUT2D eigenvalue weighted by atomic mass is 9.95. The summed E-state index contributed by atoms with van der Waals surface area (Å²) in [5, 5.41) is 2.91. The van der Waals surface area contributed by atoms with E-state index in [-0.39, 0.29) is 5.91 Å². The zero-order valence-corrected chi connectivity index (χ0v) is 16.2. The molecular weight excluding hydrogens is 306 g/mol. The Morgan fingerprint density at radius 2 is 1.44 bits per heavy atom. The molecule has 1 aromatic carbocycles. The summed E-state index contributed by atoms with van der Waals surface area (Å²) in [6.07, 6.45) is 18.9. The van der Waals surface area contributed by atoms with Crippen molar-refractivity contribution in [3.05, 3.63) is 34.9 Å². The van der Waals surface area contributed by atoms with Gasteiger partial charge in [-0.15, -0.1) is 0 Å². The molecule has 1 aromatic rings. The lowest BCUT2D eigenvalue weighted by molar-refractivity contribution is 0.0946. The molecule has 2 rings (SSSR count). The van der Waals surface area contributed by atoms with Crippen molar-refractivity contribution in [2.45, 2.75) is 96.8 Å². The van der Waals surface area contributed by atoms with Crippen LogP contribution in [0.4, 0.5) is 0 Å². The van der Waals surface area contributed by atoms with Crippen molar-refractivity contribution in [1.82, 2.24) is 5.32 Å². The second kappa shape index (κ2) is 12.1. The minimum absolute atomic E-state index is 0.0955. The third-order valence-corrected chi connectivity index (χ3v) is 5.41. The molecule has 1 aliphatic heterocycles. The molecule has 1 heterocycles. The van der Waals surface area contributed by atoms with Crippen molar-refractivity contribution in [3.8, 4) is 0 Å². The molecule has 1 amide bonds. The van der Waals surface area contributed by atoms with E-state index >= 15 is 0 Å². The number of aryl methyl sites for hydroxylation is 1. The van der Waals surface area contributed by atoms with Gasteiger partial charge in [0.25, 0.3) is 5.91 Å². The minimum Gasteiger partial charge on any atom is -0.352 e. The Morgan fingerprint density at radius 3 is 2.08 bits per heavy atom. The van der Waals surface area contributed by atoms with Gasteiger partial charge < -0.3 is 5.32 Å². The van der Waals surface area contributed by atoms with Crippen LogP contribution >= 0.6 is 0 Å². The van der Waals surface area contributed by atoms with E-state index in [4.69, 9.17) is 0 Å². The van der Waals surface area contributed by atoms with E-state index in [2.05, 4.69) is 24.4 Å². The normalized spacial score (nSPS) is 13.6. The quantitative estimate of drug-likeness (QED) is 0.423. The number of fused-ring (bicyclic) bond motifs is 1. The Labute approximate surface area is 154 Å². The molecule has 0 unspecified atom stereocenters. The fraction of sp³-hybridized carbons (Fsp3) is 0.696. The van der Waals surface area contributed by atoms with Gasteiger partial charge in [0, 0.05) is 12.1 Å². The molecule has 0 aliphatic carbocycles. The van der Waals surface area contributed by atoms with Crippen LogP contribution in [0, 0.1) is 0 Å². The fourth-order valence-corrected chi connectivity index (χ4v) is 3.81. The Bertz CT molecular complexity index is 509. The minimum atomic E-state index is 0.0955. The summed E-state index contributed by atoms with van der Waals surface area (Å²) in [7, 11) is 0. The van der Waals surface area contributed by atoms with E-state index in [9.17, 15) is 4.79 Å². The van der Waals surface area contributed by atoms with Crippen LogP contribution in [0.1, 0.15) is 105 Å². The van der Waals surface area contributed by atoms with Crippen LogP contribution in [-0.4, -0.2) is 12.5 Å². The lowest BCUT2D eigenvalue weighted by Crippen LogP contribution is -2.31. The molecule has 0 fully saturated rings. The molecule has 1 N–H and O–H groups in total. The number of nitrogens with one attached hydrogen (secondary N) is 1. The van der Waals surface area contributed by atoms with Crippen LogP contribution in [-0.2, 0) is 12.8 Å². The third kappa shape index (κ3) is 7.63. The molecule has 140 valence electrons. The number of hydrogen-bond acceptors (Lipinski definition) is 1. The molecule has 0 spiro atoms. The topological polar surface area (TPSA) is 29.1 Å². The molecule has 0 aromatic heterocycles. The van der Waals surface area contributed by atoms with Crippen LogP contribution < -0.4 is 5.32 Å². The van der Waals surface area contributed by atoms with Gasteiger partial charge in [-0.1, -0.05) is 89.7 Å². The average Bonchev–Trinajstić information content (AvgIpc) is 2.63. The van der Waals surface area contributed by atoms with Crippen molar-refractivity contribution in [2.75, 3.05) is 6.54 Å². The highest BCUT2D eigenvalue weighted by molar-refractivity contribution is 5.96. The highest BCUT2D eigenvalue weighted by Crippen LogP contribution is 2.18. The predicted octanol–water partition coefficient (Wildman–Crippen LogP) is 6.22. The zero-order chi connectivity index (χ0) is 17.7. The van der Waals surface area contributed by atoms with Crippen LogP contribution in [0.25, 0.3) is 0 Å². The highest BCUT2D eigenvalue weighted by atomic mass is 16.1. The molecular formula is C23H37NO. The molecule has 0 saturated carbocycles. The van der Waals surface area contributed by atoms with Gasteiger partial charge in [-0.3, -0.25) is 4.79 Å². The first-order valence-corrected chi connectivity index (χ1v) is 10.7. The van der Waals surface area contributed by atoms with Crippen molar-refractivity contribution < 1.29 is 4.79 Å². The van der Waals surface area contributed by atoms with Crippen molar-refractivity contribution in [3.63, 3.8) is 0 Å². The van der Waals surface area contributed by atoms with Gasteiger partial charge in [0.15, 0.2) is 0 Å². The molecule has 2 nitrogen and oxygen atoms in total. The van der Waals surface area contributed by atoms with E-state index < -0.39 is 0 Å². The summed E-state index contributed by atoms with van der Waals surface area (Å²) in [6.45, 7) is 3.07. The Balaban J connectivity index is 1.48. The van der Waals surface area contributed by atoms with Crippen LogP contribution in [0.3, 0.4) is 0 Å². The lowest BCUT2D eigenvalue weighted by Gasteiger charge is -2.17. The van der Waals surface area contributed by atoms with E-state index in [0.29, 0.717) is 0 Å². The van der Waals surface area contributed by atoms with Crippen LogP contribution in [0.15, 0.2) is 18.2 Å². The first kappa shape index (κ1) is 20.0. The Kier molecular flexibility index (Phi) is 9.69.